The Bertz CT molecular complexity index is 847. The Labute approximate surface area is 164 Å². The Morgan fingerprint density at radius 2 is 1.46 bits per heavy atom. The van der Waals surface area contributed by atoms with Crippen molar-refractivity contribution in [2.75, 3.05) is 35.5 Å². The Hall–Kier alpha value is -3.35. The van der Waals surface area contributed by atoms with Gasteiger partial charge in [-0.25, -0.2) is 0 Å². The zero-order chi connectivity index (χ0) is 20.5. The first-order valence-corrected chi connectivity index (χ1v) is 8.53. The maximum atomic E-state index is 12.2. The average Bonchev–Trinajstić information content (AvgIpc) is 2.75. The summed E-state index contributed by atoms with van der Waals surface area (Å²) in [6.45, 7) is 0.270. The first kappa shape index (κ1) is 21.0. The van der Waals surface area contributed by atoms with Gasteiger partial charge in [-0.1, -0.05) is 0 Å². The third-order valence-corrected chi connectivity index (χ3v) is 4.09. The lowest BCUT2D eigenvalue weighted by Crippen LogP contribution is -2.20. The van der Waals surface area contributed by atoms with Gasteiger partial charge < -0.3 is 29.0 Å². The van der Waals surface area contributed by atoms with Gasteiger partial charge in [0.05, 0.1) is 35.5 Å². The molecule has 0 aromatic heterocycles. The molecule has 7 nitrogen and oxygen atoms in total. The van der Waals surface area contributed by atoms with Gasteiger partial charge >= 0.3 is 0 Å². The Morgan fingerprint density at radius 3 is 2.07 bits per heavy atom. The molecule has 0 saturated heterocycles. The summed E-state index contributed by atoms with van der Waals surface area (Å²) in [5, 5.41) is 2.83. The van der Waals surface area contributed by atoms with Crippen LogP contribution in [0.2, 0.25) is 0 Å². The predicted molar refractivity (Wildman–Crippen MR) is 107 cm³/mol. The van der Waals surface area contributed by atoms with Crippen LogP contribution in [0.1, 0.15) is 11.1 Å². The van der Waals surface area contributed by atoms with Gasteiger partial charge in [0.2, 0.25) is 5.91 Å². The molecule has 0 fully saturated rings. The first-order valence-electron chi connectivity index (χ1n) is 8.53. The maximum Gasteiger partial charge on any atom is 0.244 e. The summed E-state index contributed by atoms with van der Waals surface area (Å²) in [5.74, 6) is 2.75. The van der Waals surface area contributed by atoms with Crippen LogP contribution >= 0.6 is 0 Å². The van der Waals surface area contributed by atoms with Crippen LogP contribution in [0.25, 0.3) is 6.08 Å². The van der Waals surface area contributed by atoms with Crippen molar-refractivity contribution in [3.63, 3.8) is 0 Å². The molecule has 0 heterocycles. The van der Waals surface area contributed by atoms with Crippen LogP contribution in [0.5, 0.6) is 28.7 Å². The lowest BCUT2D eigenvalue weighted by atomic mass is 10.1. The van der Waals surface area contributed by atoms with Crippen molar-refractivity contribution in [3.8, 4) is 28.7 Å². The van der Waals surface area contributed by atoms with E-state index in [2.05, 4.69) is 5.32 Å². The minimum Gasteiger partial charge on any atom is -0.497 e. The topological polar surface area (TPSA) is 75.3 Å². The van der Waals surface area contributed by atoms with E-state index in [1.807, 2.05) is 6.07 Å². The van der Waals surface area contributed by atoms with Crippen LogP contribution in [0.3, 0.4) is 0 Å². The van der Waals surface area contributed by atoms with E-state index < -0.39 is 0 Å². The number of ether oxygens (including phenoxy) is 5. The molecule has 0 bridgehead atoms. The van der Waals surface area contributed by atoms with Gasteiger partial charge in [-0.3, -0.25) is 4.79 Å². The maximum absolute atomic E-state index is 12.2. The molecule has 7 heteroatoms. The van der Waals surface area contributed by atoms with Gasteiger partial charge in [0, 0.05) is 35.9 Å². The normalized spacial score (nSPS) is 10.5. The van der Waals surface area contributed by atoms with Crippen molar-refractivity contribution in [2.24, 2.45) is 0 Å². The second-order valence-corrected chi connectivity index (χ2v) is 5.68. The number of hydrogen-bond acceptors (Lipinski definition) is 6. The summed E-state index contributed by atoms with van der Waals surface area (Å²) in [6, 6.07) is 8.87. The lowest BCUT2D eigenvalue weighted by Gasteiger charge is -2.14. The molecule has 0 spiro atoms. The van der Waals surface area contributed by atoms with Crippen molar-refractivity contribution in [1.82, 2.24) is 5.32 Å². The molecule has 0 aliphatic rings. The summed E-state index contributed by atoms with van der Waals surface area (Å²) in [7, 11) is 7.81. The first-order chi connectivity index (χ1) is 13.6. The molecule has 2 rings (SSSR count). The second-order valence-electron chi connectivity index (χ2n) is 5.68. The third kappa shape index (κ3) is 5.09. The fraction of sp³-hybridized carbons (Fsp3) is 0.286. The van der Waals surface area contributed by atoms with E-state index in [-0.39, 0.29) is 12.5 Å². The highest BCUT2D eigenvalue weighted by molar-refractivity contribution is 5.92. The summed E-state index contributed by atoms with van der Waals surface area (Å²) in [6.07, 6.45) is 3.12. The summed E-state index contributed by atoms with van der Waals surface area (Å²) < 4.78 is 26.4. The van der Waals surface area contributed by atoms with Crippen LogP contribution in [0.15, 0.2) is 36.4 Å². The largest absolute Gasteiger partial charge is 0.497 e. The SMILES string of the molecule is COc1ccc(/C=C/C(=O)NCc2cc(OC)c(OC)cc2OC)c(OC)c1. The number of hydrogen-bond donors (Lipinski definition) is 1. The fourth-order valence-corrected chi connectivity index (χ4v) is 2.59. The van der Waals surface area contributed by atoms with Gasteiger partial charge in [-0.15, -0.1) is 0 Å². The molecule has 0 aliphatic heterocycles. The van der Waals surface area contributed by atoms with E-state index in [1.54, 1.807) is 65.9 Å². The molecule has 1 N–H and O–H groups in total. The van der Waals surface area contributed by atoms with Gasteiger partial charge in [0.25, 0.3) is 0 Å². The summed E-state index contributed by atoms with van der Waals surface area (Å²) >= 11 is 0. The van der Waals surface area contributed by atoms with Crippen LogP contribution in [-0.4, -0.2) is 41.5 Å². The minimum atomic E-state index is -0.255. The molecule has 0 atom stereocenters. The standard InChI is InChI=1S/C21H25NO6/c1-24-16-8-6-14(17(11-16)25-2)7-9-21(23)22-13-15-10-19(27-4)20(28-5)12-18(15)26-3/h6-12H,13H2,1-5H3,(H,22,23)/b9-7+. The predicted octanol–water partition coefficient (Wildman–Crippen LogP) is 3.06. The second kappa shape index (κ2) is 10.1. The number of carbonyl (C=O) groups is 1. The van der Waals surface area contributed by atoms with Gasteiger partial charge in [-0.05, 0) is 24.3 Å². The van der Waals surface area contributed by atoms with E-state index in [0.29, 0.717) is 28.7 Å². The van der Waals surface area contributed by atoms with Gasteiger partial charge in [0.15, 0.2) is 11.5 Å². The van der Waals surface area contributed by atoms with E-state index in [9.17, 15) is 4.79 Å². The van der Waals surface area contributed by atoms with E-state index in [0.717, 1.165) is 11.1 Å². The zero-order valence-electron chi connectivity index (χ0n) is 16.7. The molecule has 1 amide bonds. The van der Waals surface area contributed by atoms with Crippen LogP contribution < -0.4 is 29.0 Å². The smallest absolute Gasteiger partial charge is 0.244 e. The number of carbonyl (C=O) groups excluding carboxylic acids is 1. The molecule has 150 valence electrons. The van der Waals surface area contributed by atoms with Crippen LogP contribution in [0, 0.1) is 0 Å². The van der Waals surface area contributed by atoms with E-state index in [4.69, 9.17) is 23.7 Å². The lowest BCUT2D eigenvalue weighted by molar-refractivity contribution is -0.116. The third-order valence-electron chi connectivity index (χ3n) is 4.09. The van der Waals surface area contributed by atoms with E-state index in [1.165, 1.54) is 6.08 Å². The molecule has 2 aromatic carbocycles. The highest BCUT2D eigenvalue weighted by Gasteiger charge is 2.12. The highest BCUT2D eigenvalue weighted by Crippen LogP contribution is 2.34. The molecule has 28 heavy (non-hydrogen) atoms. The van der Waals surface area contributed by atoms with Crippen molar-refractivity contribution >= 4 is 12.0 Å². The van der Waals surface area contributed by atoms with Crippen molar-refractivity contribution in [3.05, 3.63) is 47.5 Å². The average molecular weight is 387 g/mol. The van der Waals surface area contributed by atoms with E-state index >= 15 is 0 Å². The number of rotatable bonds is 9. The quantitative estimate of drug-likeness (QED) is 0.667. The van der Waals surface area contributed by atoms with Crippen molar-refractivity contribution in [1.29, 1.82) is 0 Å². The number of methoxy groups -OCH3 is 5. The van der Waals surface area contributed by atoms with Crippen molar-refractivity contribution < 1.29 is 28.5 Å². The Balaban J connectivity index is 2.09. The highest BCUT2D eigenvalue weighted by atomic mass is 16.5. The summed E-state index contributed by atoms with van der Waals surface area (Å²) in [5.41, 5.74) is 1.53. The molecular weight excluding hydrogens is 362 g/mol. The summed E-state index contributed by atoms with van der Waals surface area (Å²) in [4.78, 5) is 12.2. The Kier molecular flexibility index (Phi) is 7.56. The van der Waals surface area contributed by atoms with Crippen LogP contribution in [0.4, 0.5) is 0 Å². The fourth-order valence-electron chi connectivity index (χ4n) is 2.59. The molecule has 0 radical (unpaired) electrons. The van der Waals surface area contributed by atoms with Gasteiger partial charge in [0.1, 0.15) is 17.2 Å². The minimum absolute atomic E-state index is 0.255. The monoisotopic (exact) mass is 387 g/mol. The molecule has 0 unspecified atom stereocenters. The zero-order valence-corrected chi connectivity index (χ0v) is 16.7. The number of nitrogens with one attached hydrogen (secondary N) is 1. The molecule has 0 saturated carbocycles. The molecule has 2 aromatic rings. The molecular formula is C21H25NO6. The van der Waals surface area contributed by atoms with Gasteiger partial charge in [-0.2, -0.15) is 0 Å². The number of amides is 1. The molecule has 0 aliphatic carbocycles. The van der Waals surface area contributed by atoms with Crippen molar-refractivity contribution in [2.45, 2.75) is 6.54 Å². The Morgan fingerprint density at radius 1 is 0.821 bits per heavy atom. The van der Waals surface area contributed by atoms with Crippen LogP contribution in [-0.2, 0) is 11.3 Å². The number of benzene rings is 2.